The number of rotatable bonds is 3. The number of likely N-dealkylation sites (tertiary alicyclic amines) is 1. The predicted molar refractivity (Wildman–Crippen MR) is 93.4 cm³/mol. The van der Waals surface area contributed by atoms with E-state index in [9.17, 15) is 4.79 Å². The average Bonchev–Trinajstić information content (AvgIpc) is 2.54. The van der Waals surface area contributed by atoms with Crippen LogP contribution < -0.4 is 0 Å². The first-order chi connectivity index (χ1) is 10.6. The monoisotopic (exact) mass is 357 g/mol. The molecule has 3 heteroatoms. The molecule has 0 amide bonds. The van der Waals surface area contributed by atoms with Crippen molar-refractivity contribution in [1.29, 1.82) is 0 Å². The smallest absolute Gasteiger partial charge is 0.178 e. The Hall–Kier alpha value is -1.45. The molecule has 22 heavy (non-hydrogen) atoms. The fourth-order valence-corrected chi connectivity index (χ4v) is 3.63. The van der Waals surface area contributed by atoms with E-state index in [0.717, 1.165) is 30.5 Å². The summed E-state index contributed by atoms with van der Waals surface area (Å²) < 4.78 is 1.11. The Balaban J connectivity index is 1.71. The van der Waals surface area contributed by atoms with Crippen LogP contribution in [0.4, 0.5) is 0 Å². The Labute approximate surface area is 140 Å². The molecule has 3 rings (SSSR count). The summed E-state index contributed by atoms with van der Waals surface area (Å²) in [6.07, 6.45) is 10.7. The summed E-state index contributed by atoms with van der Waals surface area (Å²) in [6.45, 7) is 6.98. The molecule has 1 atom stereocenters. The highest BCUT2D eigenvalue weighted by molar-refractivity contribution is 9.10. The summed E-state index contributed by atoms with van der Waals surface area (Å²) in [4.78, 5) is 13.9. The molecule has 1 spiro atoms. The molecule has 1 aliphatic heterocycles. The second-order valence-corrected chi connectivity index (χ2v) is 7.05. The number of carbonyl (C=O) groups excluding carboxylic acids is 1. The van der Waals surface area contributed by atoms with Gasteiger partial charge in [-0.2, -0.15) is 0 Å². The molecule has 0 radical (unpaired) electrons. The van der Waals surface area contributed by atoms with Crippen molar-refractivity contribution in [3.05, 3.63) is 71.3 Å². The number of nitrogens with zero attached hydrogens (tertiary/aromatic N) is 1. The van der Waals surface area contributed by atoms with Crippen LogP contribution in [0, 0.1) is 11.3 Å². The van der Waals surface area contributed by atoms with Gasteiger partial charge in [0.15, 0.2) is 5.78 Å². The maximum Gasteiger partial charge on any atom is 0.178 e. The summed E-state index contributed by atoms with van der Waals surface area (Å²) in [5.74, 6) is 0.433. The van der Waals surface area contributed by atoms with Gasteiger partial charge in [0.1, 0.15) is 0 Å². The lowest BCUT2D eigenvalue weighted by Crippen LogP contribution is -2.45. The topological polar surface area (TPSA) is 20.3 Å². The van der Waals surface area contributed by atoms with Crippen LogP contribution in [-0.4, -0.2) is 23.8 Å². The van der Waals surface area contributed by atoms with Crippen LogP contribution in [0.2, 0.25) is 0 Å². The number of hydrogen-bond acceptors (Lipinski definition) is 2. The fraction of sp³-hybridized carbons (Fsp3) is 0.316. The number of piperidine rings is 1. The van der Waals surface area contributed by atoms with Gasteiger partial charge in [-0.3, -0.25) is 9.69 Å². The first-order valence-corrected chi connectivity index (χ1v) is 8.42. The highest BCUT2D eigenvalue weighted by Crippen LogP contribution is 2.41. The molecule has 2 aliphatic rings. The van der Waals surface area contributed by atoms with Crippen molar-refractivity contribution in [2.45, 2.75) is 13.0 Å². The minimum absolute atomic E-state index is 0.0219. The first kappa shape index (κ1) is 15.4. The molecular weight excluding hydrogens is 338 g/mol. The van der Waals surface area contributed by atoms with E-state index >= 15 is 0 Å². The zero-order chi connectivity index (χ0) is 15.6. The van der Waals surface area contributed by atoms with Crippen LogP contribution >= 0.6 is 15.9 Å². The van der Waals surface area contributed by atoms with E-state index in [2.05, 4.69) is 63.8 Å². The fourth-order valence-electron chi connectivity index (χ4n) is 3.36. The average molecular weight is 358 g/mol. The van der Waals surface area contributed by atoms with Crippen LogP contribution in [0.5, 0.6) is 0 Å². The Bertz CT molecular complexity index is 613. The minimum Gasteiger partial charge on any atom is -0.298 e. The van der Waals surface area contributed by atoms with Crippen LogP contribution in [-0.2, 0) is 11.3 Å². The van der Waals surface area contributed by atoms with E-state index in [1.54, 1.807) is 12.2 Å². The van der Waals surface area contributed by atoms with Crippen molar-refractivity contribution in [3.63, 3.8) is 0 Å². The number of halogens is 1. The van der Waals surface area contributed by atoms with Crippen LogP contribution in [0.3, 0.4) is 0 Å². The van der Waals surface area contributed by atoms with E-state index in [1.165, 1.54) is 5.56 Å². The van der Waals surface area contributed by atoms with Crippen molar-refractivity contribution >= 4 is 21.7 Å². The van der Waals surface area contributed by atoms with E-state index in [0.29, 0.717) is 5.92 Å². The molecule has 1 aliphatic carbocycles. The zero-order valence-electron chi connectivity index (χ0n) is 12.5. The van der Waals surface area contributed by atoms with Gasteiger partial charge in [0, 0.05) is 28.9 Å². The summed E-state index contributed by atoms with van der Waals surface area (Å²) in [5, 5.41) is 0. The molecular formula is C19H20BrNO. The minimum atomic E-state index is -0.0219. The maximum absolute atomic E-state index is 11.4. The Morgan fingerprint density at radius 3 is 2.59 bits per heavy atom. The maximum atomic E-state index is 11.4. The van der Waals surface area contributed by atoms with E-state index in [-0.39, 0.29) is 11.2 Å². The highest BCUT2D eigenvalue weighted by atomic mass is 79.9. The van der Waals surface area contributed by atoms with Gasteiger partial charge in [-0.05, 0) is 42.8 Å². The molecule has 1 unspecified atom stereocenters. The molecule has 1 fully saturated rings. The molecule has 1 saturated heterocycles. The normalized spacial score (nSPS) is 23.9. The number of ketones is 1. The lowest BCUT2D eigenvalue weighted by molar-refractivity contribution is -0.110. The molecule has 0 N–H and O–H groups in total. The van der Waals surface area contributed by atoms with Crippen LogP contribution in [0.15, 0.2) is 65.7 Å². The second kappa shape index (κ2) is 6.35. The standard InChI is InChI=1S/C19H20BrNO/c1-2-16-14-21(13-15-3-5-17(20)6-4-15)12-11-19(16)9-7-18(22)8-10-19/h2-10,16H,1,11-14H2. The van der Waals surface area contributed by atoms with Gasteiger partial charge in [-0.1, -0.05) is 46.3 Å². The molecule has 1 heterocycles. The van der Waals surface area contributed by atoms with Gasteiger partial charge in [-0.25, -0.2) is 0 Å². The lowest BCUT2D eigenvalue weighted by Gasteiger charge is -2.44. The van der Waals surface area contributed by atoms with Crippen molar-refractivity contribution in [3.8, 4) is 0 Å². The predicted octanol–water partition coefficient (Wildman–Crippen LogP) is 4.14. The van der Waals surface area contributed by atoms with Gasteiger partial charge in [0.25, 0.3) is 0 Å². The third kappa shape index (κ3) is 3.16. The van der Waals surface area contributed by atoms with Gasteiger partial charge >= 0.3 is 0 Å². The number of carbonyl (C=O) groups is 1. The lowest BCUT2D eigenvalue weighted by atomic mass is 9.68. The van der Waals surface area contributed by atoms with Crippen molar-refractivity contribution in [2.75, 3.05) is 13.1 Å². The molecule has 0 saturated carbocycles. The summed E-state index contributed by atoms with van der Waals surface area (Å²) in [6, 6.07) is 8.50. The number of hydrogen-bond donors (Lipinski definition) is 0. The quantitative estimate of drug-likeness (QED) is 0.757. The summed E-state index contributed by atoms with van der Waals surface area (Å²) in [5.41, 5.74) is 1.30. The Kier molecular flexibility index (Phi) is 4.46. The molecule has 2 nitrogen and oxygen atoms in total. The largest absolute Gasteiger partial charge is 0.298 e. The number of benzene rings is 1. The molecule has 0 bridgehead atoms. The molecule has 114 valence electrons. The highest BCUT2D eigenvalue weighted by Gasteiger charge is 2.38. The number of allylic oxidation sites excluding steroid dienone is 4. The van der Waals surface area contributed by atoms with Gasteiger partial charge < -0.3 is 0 Å². The van der Waals surface area contributed by atoms with Crippen LogP contribution in [0.1, 0.15) is 12.0 Å². The van der Waals surface area contributed by atoms with E-state index in [1.807, 2.05) is 6.08 Å². The zero-order valence-corrected chi connectivity index (χ0v) is 14.1. The molecule has 1 aromatic carbocycles. The third-order valence-corrected chi connectivity index (χ3v) is 5.25. The van der Waals surface area contributed by atoms with Gasteiger partial charge in [0.2, 0.25) is 0 Å². The first-order valence-electron chi connectivity index (χ1n) is 7.63. The van der Waals surface area contributed by atoms with Gasteiger partial charge in [0.05, 0.1) is 0 Å². The van der Waals surface area contributed by atoms with Gasteiger partial charge in [-0.15, -0.1) is 6.58 Å². The van der Waals surface area contributed by atoms with Crippen molar-refractivity contribution in [2.24, 2.45) is 11.3 Å². The Morgan fingerprint density at radius 1 is 1.27 bits per heavy atom. The second-order valence-electron chi connectivity index (χ2n) is 6.14. The summed E-state index contributed by atoms with van der Waals surface area (Å²) in [7, 11) is 0. The van der Waals surface area contributed by atoms with E-state index < -0.39 is 0 Å². The summed E-state index contributed by atoms with van der Waals surface area (Å²) >= 11 is 3.47. The molecule has 1 aromatic rings. The Morgan fingerprint density at radius 2 is 1.95 bits per heavy atom. The van der Waals surface area contributed by atoms with E-state index in [4.69, 9.17) is 0 Å². The SMILES string of the molecule is C=CC1CN(Cc2ccc(Br)cc2)CCC12C=CC(=O)C=C2. The molecule has 0 aromatic heterocycles. The van der Waals surface area contributed by atoms with Crippen molar-refractivity contribution < 1.29 is 4.79 Å². The van der Waals surface area contributed by atoms with Crippen LogP contribution in [0.25, 0.3) is 0 Å². The van der Waals surface area contributed by atoms with Crippen molar-refractivity contribution in [1.82, 2.24) is 4.90 Å². The third-order valence-electron chi connectivity index (χ3n) is 4.73.